The lowest BCUT2D eigenvalue weighted by molar-refractivity contribution is 0.228. The minimum atomic E-state index is -2.11. The van der Waals surface area contributed by atoms with Gasteiger partial charge >= 0.3 is 8.03 Å². The quantitative estimate of drug-likeness (QED) is 0.776. The second-order valence-electron chi connectivity index (χ2n) is 3.72. The Kier molecular flexibility index (Phi) is 6.02. The van der Waals surface area contributed by atoms with Crippen LogP contribution in [0.2, 0.25) is 0 Å². The number of rotatable bonds is 7. The molecule has 0 aliphatic carbocycles. The van der Waals surface area contributed by atoms with Gasteiger partial charge in [-0.1, -0.05) is 0 Å². The van der Waals surface area contributed by atoms with Gasteiger partial charge in [-0.3, -0.25) is 0 Å². The van der Waals surface area contributed by atoms with Crippen molar-refractivity contribution in [2.24, 2.45) is 0 Å². The number of methoxy groups -OCH3 is 3. The molecule has 0 heterocycles. The van der Waals surface area contributed by atoms with Crippen LogP contribution < -0.4 is 14.2 Å². The first-order chi connectivity index (χ1) is 9.03. The molecule has 2 atom stereocenters. The number of hydrogen-bond donors (Lipinski definition) is 1. The minimum absolute atomic E-state index is 0.0802. The molecule has 0 fully saturated rings. The fraction of sp³-hybridized carbons (Fsp3) is 0.500. The molecule has 1 N–H and O–H groups in total. The zero-order valence-corrected chi connectivity index (χ0v) is 12.3. The van der Waals surface area contributed by atoms with Crippen LogP contribution in [0.1, 0.15) is 12.5 Å². The zero-order chi connectivity index (χ0) is 14.4. The van der Waals surface area contributed by atoms with Crippen molar-refractivity contribution >= 4 is 8.03 Å². The Bertz CT molecular complexity index is 421. The predicted octanol–water partition coefficient (Wildman–Crippen LogP) is 2.31. The molecule has 1 aromatic carbocycles. The maximum Gasteiger partial charge on any atom is 0.540 e. The molecular formula is C12H18O6P+. The summed E-state index contributed by atoms with van der Waals surface area (Å²) >= 11 is 0. The van der Waals surface area contributed by atoms with Crippen molar-refractivity contribution in [3.05, 3.63) is 17.7 Å². The number of aliphatic hydroxyl groups is 1. The Morgan fingerprint density at radius 2 is 1.68 bits per heavy atom. The van der Waals surface area contributed by atoms with E-state index in [1.165, 1.54) is 28.3 Å². The number of ether oxygens (including phenoxy) is 3. The van der Waals surface area contributed by atoms with Gasteiger partial charge in [-0.15, -0.1) is 4.52 Å². The lowest BCUT2D eigenvalue weighted by Gasteiger charge is -2.13. The standard InChI is InChI=1S/C12H18O6P/c1-8(13)19(14)18-7-9-5-10(15-2)12(17-4)11(6-9)16-3/h5-6,8,13H,7H2,1-4H3/q+1. The highest BCUT2D eigenvalue weighted by molar-refractivity contribution is 7.39. The SMILES string of the molecule is COc1cc(CO[P+](=O)C(C)O)cc(OC)c1OC. The molecule has 0 saturated heterocycles. The molecule has 0 aromatic heterocycles. The van der Waals surface area contributed by atoms with Gasteiger partial charge in [0.2, 0.25) is 5.75 Å². The summed E-state index contributed by atoms with van der Waals surface area (Å²) in [7, 11) is 2.43. The largest absolute Gasteiger partial charge is 0.540 e. The van der Waals surface area contributed by atoms with Gasteiger partial charge in [0.15, 0.2) is 11.5 Å². The van der Waals surface area contributed by atoms with Crippen molar-refractivity contribution in [3.63, 3.8) is 0 Å². The number of hydrogen-bond acceptors (Lipinski definition) is 6. The Labute approximate surface area is 113 Å². The highest BCUT2D eigenvalue weighted by Crippen LogP contribution is 2.39. The Balaban J connectivity index is 2.93. The monoisotopic (exact) mass is 289 g/mol. The van der Waals surface area contributed by atoms with Gasteiger partial charge in [-0.2, -0.15) is 0 Å². The van der Waals surface area contributed by atoms with Crippen molar-refractivity contribution in [2.75, 3.05) is 21.3 Å². The smallest absolute Gasteiger partial charge is 0.493 e. The molecule has 1 rings (SSSR count). The Morgan fingerprint density at radius 1 is 1.16 bits per heavy atom. The van der Waals surface area contributed by atoms with Gasteiger partial charge in [-0.05, 0) is 22.3 Å². The summed E-state index contributed by atoms with van der Waals surface area (Å²) in [5, 5.41) is 9.10. The van der Waals surface area contributed by atoms with Crippen molar-refractivity contribution in [2.45, 2.75) is 19.4 Å². The second-order valence-corrected chi connectivity index (χ2v) is 5.30. The molecule has 7 heteroatoms. The maximum atomic E-state index is 11.3. The molecule has 0 bridgehead atoms. The van der Waals surface area contributed by atoms with E-state index in [1.807, 2.05) is 0 Å². The summed E-state index contributed by atoms with van der Waals surface area (Å²) in [6, 6.07) is 3.40. The van der Waals surface area contributed by atoms with Crippen LogP contribution in [0.3, 0.4) is 0 Å². The molecule has 1 aromatic rings. The molecule has 0 amide bonds. The van der Waals surface area contributed by atoms with Crippen LogP contribution in [-0.2, 0) is 15.7 Å². The van der Waals surface area contributed by atoms with Crippen molar-refractivity contribution in [3.8, 4) is 17.2 Å². The van der Waals surface area contributed by atoms with E-state index in [1.54, 1.807) is 12.1 Å². The van der Waals surface area contributed by atoms with Gasteiger partial charge in [0.25, 0.3) is 5.85 Å². The average Bonchev–Trinajstić information content (AvgIpc) is 2.42. The normalized spacial score (nSPS) is 12.8. The van der Waals surface area contributed by atoms with Crippen LogP contribution in [-0.4, -0.2) is 32.3 Å². The topological polar surface area (TPSA) is 74.2 Å². The van der Waals surface area contributed by atoms with Gasteiger partial charge < -0.3 is 19.3 Å². The fourth-order valence-corrected chi connectivity index (χ4v) is 1.96. The third kappa shape index (κ3) is 4.06. The minimum Gasteiger partial charge on any atom is -0.493 e. The summed E-state index contributed by atoms with van der Waals surface area (Å²) in [6.07, 6.45) is 0. The lowest BCUT2D eigenvalue weighted by atomic mass is 10.2. The van der Waals surface area contributed by atoms with E-state index >= 15 is 0 Å². The molecular weight excluding hydrogens is 271 g/mol. The van der Waals surface area contributed by atoms with E-state index in [0.717, 1.165) is 0 Å². The summed E-state index contributed by atoms with van der Waals surface area (Å²) in [4.78, 5) is 0. The fourth-order valence-electron chi connectivity index (χ4n) is 1.46. The van der Waals surface area contributed by atoms with E-state index < -0.39 is 13.9 Å². The third-order valence-corrected chi connectivity index (χ3v) is 3.38. The summed E-state index contributed by atoms with van der Waals surface area (Å²) in [6.45, 7) is 1.49. The first-order valence-corrected chi connectivity index (χ1v) is 6.84. The summed E-state index contributed by atoms with van der Waals surface area (Å²) < 4.78 is 32.0. The van der Waals surface area contributed by atoms with Gasteiger partial charge in [-0.25, -0.2) is 0 Å². The van der Waals surface area contributed by atoms with Gasteiger partial charge in [0.05, 0.1) is 21.3 Å². The zero-order valence-electron chi connectivity index (χ0n) is 11.4. The van der Waals surface area contributed by atoms with Crippen molar-refractivity contribution in [1.29, 1.82) is 0 Å². The highest BCUT2D eigenvalue weighted by Gasteiger charge is 2.25. The van der Waals surface area contributed by atoms with Crippen LogP contribution in [0.5, 0.6) is 17.2 Å². The Hall–Kier alpha value is -1.36. The second kappa shape index (κ2) is 7.28. The maximum absolute atomic E-state index is 11.3. The molecule has 2 unspecified atom stereocenters. The predicted molar refractivity (Wildman–Crippen MR) is 70.2 cm³/mol. The van der Waals surface area contributed by atoms with Crippen LogP contribution in [0, 0.1) is 0 Å². The molecule has 106 valence electrons. The van der Waals surface area contributed by atoms with Gasteiger partial charge in [0.1, 0.15) is 6.61 Å². The molecule has 0 radical (unpaired) electrons. The van der Waals surface area contributed by atoms with Gasteiger partial charge in [0, 0.05) is 6.92 Å². The van der Waals surface area contributed by atoms with E-state index in [9.17, 15) is 4.57 Å². The molecule has 19 heavy (non-hydrogen) atoms. The Morgan fingerprint density at radius 3 is 2.05 bits per heavy atom. The lowest BCUT2D eigenvalue weighted by Crippen LogP contribution is -1.99. The van der Waals surface area contributed by atoms with E-state index in [0.29, 0.717) is 22.8 Å². The first-order valence-electron chi connectivity index (χ1n) is 5.59. The average molecular weight is 289 g/mol. The van der Waals surface area contributed by atoms with Crippen LogP contribution in [0.25, 0.3) is 0 Å². The van der Waals surface area contributed by atoms with E-state index in [-0.39, 0.29) is 6.61 Å². The van der Waals surface area contributed by atoms with Crippen LogP contribution in [0.15, 0.2) is 12.1 Å². The van der Waals surface area contributed by atoms with Crippen molar-refractivity contribution in [1.82, 2.24) is 0 Å². The van der Waals surface area contributed by atoms with E-state index in [4.69, 9.17) is 23.8 Å². The molecule has 0 spiro atoms. The summed E-state index contributed by atoms with van der Waals surface area (Å²) in [5.74, 6) is 0.464. The number of benzene rings is 1. The first kappa shape index (κ1) is 15.7. The molecule has 6 nitrogen and oxygen atoms in total. The van der Waals surface area contributed by atoms with Crippen molar-refractivity contribution < 1.29 is 28.4 Å². The molecule has 0 saturated carbocycles. The van der Waals surface area contributed by atoms with E-state index in [2.05, 4.69) is 0 Å². The summed E-state index contributed by atoms with van der Waals surface area (Å²) in [5.41, 5.74) is 0.707. The third-order valence-electron chi connectivity index (χ3n) is 2.39. The highest BCUT2D eigenvalue weighted by atomic mass is 31.1. The van der Waals surface area contributed by atoms with Crippen LogP contribution in [0.4, 0.5) is 0 Å². The molecule has 0 aliphatic heterocycles. The van der Waals surface area contributed by atoms with Crippen LogP contribution >= 0.6 is 8.03 Å². The molecule has 0 aliphatic rings. The number of aliphatic hydroxyl groups excluding tert-OH is 1.